The summed E-state index contributed by atoms with van der Waals surface area (Å²) < 4.78 is 0. The summed E-state index contributed by atoms with van der Waals surface area (Å²) in [5.74, 6) is 0.891. The molecular formula is C23H43N. The molecule has 1 aliphatic rings. The maximum atomic E-state index is 4.46. The van der Waals surface area contributed by atoms with Gasteiger partial charge in [0.2, 0.25) is 0 Å². The third-order valence-electron chi connectivity index (χ3n) is 5.32. The molecule has 0 saturated carbocycles. The van der Waals surface area contributed by atoms with Gasteiger partial charge in [0.05, 0.1) is 0 Å². The first kappa shape index (κ1) is 21.5. The second-order valence-electron chi connectivity index (χ2n) is 8.16. The van der Waals surface area contributed by atoms with Crippen LogP contribution in [0.25, 0.3) is 0 Å². The van der Waals surface area contributed by atoms with E-state index in [-0.39, 0.29) is 0 Å². The van der Waals surface area contributed by atoms with Crippen LogP contribution in [-0.2, 0) is 0 Å². The monoisotopic (exact) mass is 333 g/mol. The molecule has 0 saturated heterocycles. The molecule has 0 amide bonds. The van der Waals surface area contributed by atoms with E-state index in [0.29, 0.717) is 0 Å². The van der Waals surface area contributed by atoms with Gasteiger partial charge in [-0.3, -0.25) is 4.99 Å². The molecule has 1 aliphatic heterocycles. The van der Waals surface area contributed by atoms with Crippen molar-refractivity contribution in [2.45, 2.75) is 117 Å². The van der Waals surface area contributed by atoms with E-state index in [1.54, 1.807) is 0 Å². The number of hydrogen-bond acceptors (Lipinski definition) is 1. The Hall–Kier alpha value is -0.590. The average molecular weight is 334 g/mol. The minimum absolute atomic E-state index is 0.891. The third kappa shape index (κ3) is 11.9. The van der Waals surface area contributed by atoms with E-state index in [0.717, 1.165) is 12.5 Å². The fourth-order valence-corrected chi connectivity index (χ4v) is 3.62. The van der Waals surface area contributed by atoms with Crippen molar-refractivity contribution in [2.75, 3.05) is 6.54 Å². The maximum Gasteiger partial charge on any atom is 0.0433 e. The standard InChI is InChI=1S/C23H43N/c1-21(2)17-15-13-11-9-7-5-4-6-8-10-12-14-16-18-23-19-20-24-22(23)3/h18,21H,4-17,19-20H2,1-3H3/b23-18-. The number of allylic oxidation sites excluding steroid dienone is 1. The summed E-state index contributed by atoms with van der Waals surface area (Å²) in [6.45, 7) is 7.85. The largest absolute Gasteiger partial charge is 0.289 e. The summed E-state index contributed by atoms with van der Waals surface area (Å²) in [5.41, 5.74) is 2.80. The Morgan fingerprint density at radius 3 is 1.75 bits per heavy atom. The third-order valence-corrected chi connectivity index (χ3v) is 5.32. The lowest BCUT2D eigenvalue weighted by atomic mass is 10.0. The number of rotatable bonds is 15. The quantitative estimate of drug-likeness (QED) is 0.270. The van der Waals surface area contributed by atoms with Gasteiger partial charge in [0.25, 0.3) is 0 Å². The zero-order valence-electron chi connectivity index (χ0n) is 16.9. The van der Waals surface area contributed by atoms with Gasteiger partial charge in [0.15, 0.2) is 0 Å². The van der Waals surface area contributed by atoms with E-state index < -0.39 is 0 Å². The lowest BCUT2D eigenvalue weighted by molar-refractivity contribution is 0.503. The molecule has 1 rings (SSSR count). The topological polar surface area (TPSA) is 12.4 Å². The number of unbranched alkanes of at least 4 members (excludes halogenated alkanes) is 12. The van der Waals surface area contributed by atoms with Crippen LogP contribution in [0.1, 0.15) is 117 Å². The van der Waals surface area contributed by atoms with Crippen LogP contribution in [0.4, 0.5) is 0 Å². The van der Waals surface area contributed by atoms with Gasteiger partial charge in [-0.05, 0) is 37.7 Å². The highest BCUT2D eigenvalue weighted by Gasteiger charge is 2.06. The lowest BCUT2D eigenvalue weighted by Gasteiger charge is -2.05. The van der Waals surface area contributed by atoms with Gasteiger partial charge in [-0.15, -0.1) is 0 Å². The average Bonchev–Trinajstić information content (AvgIpc) is 2.96. The van der Waals surface area contributed by atoms with Crippen molar-refractivity contribution in [2.24, 2.45) is 10.9 Å². The Morgan fingerprint density at radius 2 is 1.29 bits per heavy atom. The van der Waals surface area contributed by atoms with Gasteiger partial charge in [0.1, 0.15) is 0 Å². The van der Waals surface area contributed by atoms with Crippen molar-refractivity contribution in [1.82, 2.24) is 0 Å². The molecule has 1 heterocycles. The van der Waals surface area contributed by atoms with E-state index in [9.17, 15) is 0 Å². The molecule has 24 heavy (non-hydrogen) atoms. The van der Waals surface area contributed by atoms with Crippen molar-refractivity contribution in [3.63, 3.8) is 0 Å². The normalized spacial score (nSPS) is 16.3. The van der Waals surface area contributed by atoms with Crippen LogP contribution < -0.4 is 0 Å². The van der Waals surface area contributed by atoms with Crippen molar-refractivity contribution in [3.05, 3.63) is 11.6 Å². The summed E-state index contributed by atoms with van der Waals surface area (Å²) >= 11 is 0. The molecule has 0 spiro atoms. The van der Waals surface area contributed by atoms with Gasteiger partial charge in [0, 0.05) is 12.3 Å². The Bertz CT molecular complexity index is 351. The zero-order valence-corrected chi connectivity index (χ0v) is 16.9. The van der Waals surface area contributed by atoms with E-state index in [2.05, 4.69) is 31.8 Å². The van der Waals surface area contributed by atoms with Gasteiger partial charge >= 0.3 is 0 Å². The van der Waals surface area contributed by atoms with Crippen LogP contribution in [0.3, 0.4) is 0 Å². The first-order valence-electron chi connectivity index (χ1n) is 10.9. The van der Waals surface area contributed by atoms with Crippen LogP contribution in [0.15, 0.2) is 16.6 Å². The van der Waals surface area contributed by atoms with Gasteiger partial charge in [-0.25, -0.2) is 0 Å². The van der Waals surface area contributed by atoms with Crippen LogP contribution in [0.2, 0.25) is 0 Å². The number of aliphatic imine (C=N–C) groups is 1. The molecular weight excluding hydrogens is 290 g/mol. The van der Waals surface area contributed by atoms with Gasteiger partial charge in [-0.1, -0.05) is 97.0 Å². The number of hydrogen-bond donors (Lipinski definition) is 0. The van der Waals surface area contributed by atoms with Crippen molar-refractivity contribution < 1.29 is 0 Å². The molecule has 0 radical (unpaired) electrons. The summed E-state index contributed by atoms with van der Waals surface area (Å²) in [6.07, 6.45) is 23.7. The Balaban J connectivity index is 1.74. The SMILES string of the molecule is CC1=NCC/C1=C/CCCCCCCCCCCCCCC(C)C. The van der Waals surface area contributed by atoms with Crippen LogP contribution in [-0.4, -0.2) is 12.3 Å². The van der Waals surface area contributed by atoms with E-state index in [4.69, 9.17) is 0 Å². The fourth-order valence-electron chi connectivity index (χ4n) is 3.62. The predicted octanol–water partition coefficient (Wildman–Crippen LogP) is 7.89. The minimum Gasteiger partial charge on any atom is -0.289 e. The smallest absolute Gasteiger partial charge is 0.0433 e. The lowest BCUT2D eigenvalue weighted by Crippen LogP contribution is -1.89. The van der Waals surface area contributed by atoms with Gasteiger partial charge in [-0.2, -0.15) is 0 Å². The van der Waals surface area contributed by atoms with Crippen LogP contribution >= 0.6 is 0 Å². The van der Waals surface area contributed by atoms with Crippen molar-refractivity contribution in [3.8, 4) is 0 Å². The summed E-state index contributed by atoms with van der Waals surface area (Å²) in [6, 6.07) is 0. The second-order valence-corrected chi connectivity index (χ2v) is 8.16. The molecule has 140 valence electrons. The Labute approximate surface area is 152 Å². The summed E-state index contributed by atoms with van der Waals surface area (Å²) in [7, 11) is 0. The fraction of sp³-hybridized carbons (Fsp3) is 0.870. The first-order valence-corrected chi connectivity index (χ1v) is 10.9. The molecule has 0 N–H and O–H groups in total. The highest BCUT2D eigenvalue weighted by Crippen LogP contribution is 2.16. The van der Waals surface area contributed by atoms with Crippen molar-refractivity contribution in [1.29, 1.82) is 0 Å². The molecule has 1 nitrogen and oxygen atoms in total. The van der Waals surface area contributed by atoms with Crippen LogP contribution in [0, 0.1) is 5.92 Å². The molecule has 0 fully saturated rings. The number of nitrogens with zero attached hydrogens (tertiary/aromatic N) is 1. The molecule has 1 heteroatoms. The van der Waals surface area contributed by atoms with Crippen molar-refractivity contribution >= 4 is 5.71 Å². The van der Waals surface area contributed by atoms with Gasteiger partial charge < -0.3 is 0 Å². The van der Waals surface area contributed by atoms with E-state index in [1.165, 1.54) is 108 Å². The molecule has 0 aliphatic carbocycles. The summed E-state index contributed by atoms with van der Waals surface area (Å²) in [4.78, 5) is 4.46. The molecule has 0 aromatic heterocycles. The first-order chi connectivity index (χ1) is 11.7. The van der Waals surface area contributed by atoms with E-state index in [1.807, 2.05) is 0 Å². The highest BCUT2D eigenvalue weighted by atomic mass is 14.8. The van der Waals surface area contributed by atoms with E-state index >= 15 is 0 Å². The summed E-state index contributed by atoms with van der Waals surface area (Å²) in [5, 5.41) is 0. The molecule has 0 aromatic rings. The molecule has 0 atom stereocenters. The second kappa shape index (κ2) is 14.7. The highest BCUT2D eigenvalue weighted by molar-refractivity contribution is 5.99. The zero-order chi connectivity index (χ0) is 17.5. The molecule has 0 bridgehead atoms. The predicted molar refractivity (Wildman–Crippen MR) is 110 cm³/mol. The Morgan fingerprint density at radius 1 is 0.792 bits per heavy atom. The molecule has 0 aromatic carbocycles. The Kier molecular flexibility index (Phi) is 13.2. The van der Waals surface area contributed by atoms with Crippen LogP contribution in [0.5, 0.6) is 0 Å². The maximum absolute atomic E-state index is 4.46. The minimum atomic E-state index is 0.891. The molecule has 0 unspecified atom stereocenters.